The van der Waals surface area contributed by atoms with Crippen molar-refractivity contribution < 1.29 is 14.3 Å². The van der Waals surface area contributed by atoms with E-state index in [1.54, 1.807) is 24.3 Å². The Balaban J connectivity index is 1.91. The van der Waals surface area contributed by atoms with Crippen LogP contribution in [0.1, 0.15) is 0 Å². The van der Waals surface area contributed by atoms with Gasteiger partial charge in [0.1, 0.15) is 13.2 Å². The zero-order valence-electron chi connectivity index (χ0n) is 9.18. The molecule has 0 unspecified atom stereocenters. The van der Waals surface area contributed by atoms with Crippen molar-refractivity contribution in [3.05, 3.63) is 24.3 Å². The predicted octanol–water partition coefficient (Wildman–Crippen LogP) is 0.659. The molecule has 6 heteroatoms. The van der Waals surface area contributed by atoms with E-state index in [0.29, 0.717) is 24.5 Å². The standard InChI is InChI=1S/C11H13N3O3/c12-8-2-1-3-9(6-8)13-10(15)7-14-4-5-17-11(14)16/h1-3,6H,4-5,7,12H2,(H,13,15). The Morgan fingerprint density at radius 1 is 1.53 bits per heavy atom. The van der Waals surface area contributed by atoms with Crippen LogP contribution in [0.2, 0.25) is 0 Å². The Hall–Kier alpha value is -2.24. The third-order valence-corrected chi connectivity index (χ3v) is 2.35. The second-order valence-electron chi connectivity index (χ2n) is 3.71. The SMILES string of the molecule is Nc1cccc(NC(=O)CN2CCOC2=O)c1. The van der Waals surface area contributed by atoms with Crippen LogP contribution in [0, 0.1) is 0 Å². The van der Waals surface area contributed by atoms with E-state index in [4.69, 9.17) is 10.5 Å². The maximum absolute atomic E-state index is 11.6. The van der Waals surface area contributed by atoms with Gasteiger partial charge in [0.05, 0.1) is 6.54 Å². The molecule has 90 valence electrons. The fraction of sp³-hybridized carbons (Fsp3) is 0.273. The van der Waals surface area contributed by atoms with E-state index in [-0.39, 0.29) is 12.5 Å². The van der Waals surface area contributed by atoms with Crippen LogP contribution in [-0.2, 0) is 9.53 Å². The van der Waals surface area contributed by atoms with Gasteiger partial charge in [-0.05, 0) is 18.2 Å². The number of cyclic esters (lactones) is 1. The molecule has 1 heterocycles. The number of anilines is 2. The van der Waals surface area contributed by atoms with Gasteiger partial charge in [-0.2, -0.15) is 0 Å². The number of carbonyl (C=O) groups is 2. The Morgan fingerprint density at radius 3 is 3.00 bits per heavy atom. The van der Waals surface area contributed by atoms with Crippen molar-refractivity contribution >= 4 is 23.4 Å². The summed E-state index contributed by atoms with van der Waals surface area (Å²) in [5.74, 6) is -0.269. The van der Waals surface area contributed by atoms with E-state index in [2.05, 4.69) is 5.32 Å². The summed E-state index contributed by atoms with van der Waals surface area (Å²) < 4.78 is 4.72. The lowest BCUT2D eigenvalue weighted by Crippen LogP contribution is -2.33. The number of carbonyl (C=O) groups excluding carboxylic acids is 2. The van der Waals surface area contributed by atoms with Crippen molar-refractivity contribution in [1.82, 2.24) is 4.90 Å². The second-order valence-corrected chi connectivity index (χ2v) is 3.71. The molecular formula is C11H13N3O3. The van der Waals surface area contributed by atoms with Gasteiger partial charge < -0.3 is 15.8 Å². The van der Waals surface area contributed by atoms with E-state index in [9.17, 15) is 9.59 Å². The van der Waals surface area contributed by atoms with Gasteiger partial charge in [0.15, 0.2) is 0 Å². The van der Waals surface area contributed by atoms with Crippen LogP contribution in [0.5, 0.6) is 0 Å². The molecule has 1 fully saturated rings. The highest BCUT2D eigenvalue weighted by Crippen LogP contribution is 2.12. The van der Waals surface area contributed by atoms with Crippen molar-refractivity contribution in [2.24, 2.45) is 0 Å². The van der Waals surface area contributed by atoms with Crippen molar-refractivity contribution in [3.63, 3.8) is 0 Å². The van der Waals surface area contributed by atoms with Crippen LogP contribution in [0.15, 0.2) is 24.3 Å². The fourth-order valence-electron chi connectivity index (χ4n) is 1.56. The van der Waals surface area contributed by atoms with Crippen LogP contribution < -0.4 is 11.1 Å². The van der Waals surface area contributed by atoms with E-state index < -0.39 is 6.09 Å². The minimum absolute atomic E-state index is 0.00632. The van der Waals surface area contributed by atoms with Gasteiger partial charge in [-0.3, -0.25) is 9.69 Å². The average Bonchev–Trinajstić information content (AvgIpc) is 2.64. The molecule has 0 aromatic heterocycles. The molecule has 0 aliphatic carbocycles. The van der Waals surface area contributed by atoms with Crippen LogP contribution in [0.4, 0.5) is 16.2 Å². The molecule has 17 heavy (non-hydrogen) atoms. The Bertz CT molecular complexity index is 447. The number of nitrogens with two attached hydrogens (primary N) is 1. The molecule has 1 saturated heterocycles. The number of hydrogen-bond donors (Lipinski definition) is 2. The van der Waals surface area contributed by atoms with Gasteiger partial charge in [0.2, 0.25) is 5.91 Å². The minimum Gasteiger partial charge on any atom is -0.448 e. The Morgan fingerprint density at radius 2 is 2.35 bits per heavy atom. The third-order valence-electron chi connectivity index (χ3n) is 2.35. The number of nitrogens with zero attached hydrogens (tertiary/aromatic N) is 1. The summed E-state index contributed by atoms with van der Waals surface area (Å²) in [5.41, 5.74) is 6.77. The van der Waals surface area contributed by atoms with E-state index in [1.165, 1.54) is 4.90 Å². The molecule has 3 N–H and O–H groups in total. The number of nitrogens with one attached hydrogen (secondary N) is 1. The van der Waals surface area contributed by atoms with Gasteiger partial charge in [0, 0.05) is 11.4 Å². The van der Waals surface area contributed by atoms with Crippen molar-refractivity contribution in [1.29, 1.82) is 0 Å². The molecule has 2 amide bonds. The number of rotatable bonds is 3. The maximum Gasteiger partial charge on any atom is 0.410 e. The summed E-state index contributed by atoms with van der Waals surface area (Å²) in [5, 5.41) is 2.66. The molecule has 1 aliphatic rings. The van der Waals surface area contributed by atoms with Crippen molar-refractivity contribution in [2.45, 2.75) is 0 Å². The smallest absolute Gasteiger partial charge is 0.410 e. The first-order valence-corrected chi connectivity index (χ1v) is 5.22. The molecule has 6 nitrogen and oxygen atoms in total. The summed E-state index contributed by atoms with van der Waals surface area (Å²) in [6.45, 7) is 0.779. The summed E-state index contributed by atoms with van der Waals surface area (Å²) in [6.07, 6.45) is -0.451. The molecule has 0 atom stereocenters. The first-order valence-electron chi connectivity index (χ1n) is 5.22. The minimum atomic E-state index is -0.451. The summed E-state index contributed by atoms with van der Waals surface area (Å²) in [4.78, 5) is 24.1. The first kappa shape index (κ1) is 11.3. The molecular weight excluding hydrogens is 222 g/mol. The normalized spacial score (nSPS) is 14.6. The van der Waals surface area contributed by atoms with Gasteiger partial charge in [-0.1, -0.05) is 6.07 Å². The number of hydrogen-bond acceptors (Lipinski definition) is 4. The molecule has 2 rings (SSSR count). The van der Waals surface area contributed by atoms with Gasteiger partial charge in [-0.25, -0.2) is 4.79 Å². The average molecular weight is 235 g/mol. The van der Waals surface area contributed by atoms with E-state index in [0.717, 1.165) is 0 Å². The molecule has 0 radical (unpaired) electrons. The number of ether oxygens (including phenoxy) is 1. The Labute approximate surface area is 98.3 Å². The van der Waals surface area contributed by atoms with Gasteiger partial charge in [-0.15, -0.1) is 0 Å². The largest absolute Gasteiger partial charge is 0.448 e. The highest BCUT2D eigenvalue weighted by atomic mass is 16.6. The molecule has 0 saturated carbocycles. The van der Waals surface area contributed by atoms with Crippen LogP contribution in [-0.4, -0.2) is 36.6 Å². The maximum atomic E-state index is 11.6. The molecule has 1 aromatic carbocycles. The summed E-state index contributed by atoms with van der Waals surface area (Å²) in [7, 11) is 0. The molecule has 1 aromatic rings. The zero-order chi connectivity index (χ0) is 12.3. The third kappa shape index (κ3) is 2.87. The van der Waals surface area contributed by atoms with E-state index >= 15 is 0 Å². The van der Waals surface area contributed by atoms with Crippen molar-refractivity contribution in [3.8, 4) is 0 Å². The quantitative estimate of drug-likeness (QED) is 0.754. The summed E-state index contributed by atoms with van der Waals surface area (Å²) in [6, 6.07) is 6.86. The first-order chi connectivity index (χ1) is 8.15. The van der Waals surface area contributed by atoms with Crippen LogP contribution in [0.25, 0.3) is 0 Å². The van der Waals surface area contributed by atoms with E-state index in [1.807, 2.05) is 0 Å². The van der Waals surface area contributed by atoms with Crippen LogP contribution in [0.3, 0.4) is 0 Å². The number of benzene rings is 1. The Kier molecular flexibility index (Phi) is 3.13. The summed E-state index contributed by atoms with van der Waals surface area (Å²) >= 11 is 0. The van der Waals surface area contributed by atoms with Gasteiger partial charge in [0.25, 0.3) is 0 Å². The number of nitrogen functional groups attached to an aromatic ring is 1. The topological polar surface area (TPSA) is 84.7 Å². The van der Waals surface area contributed by atoms with Gasteiger partial charge >= 0.3 is 6.09 Å². The monoisotopic (exact) mass is 235 g/mol. The highest BCUT2D eigenvalue weighted by molar-refractivity contribution is 5.94. The predicted molar refractivity (Wildman–Crippen MR) is 62.4 cm³/mol. The lowest BCUT2D eigenvalue weighted by Gasteiger charge is -2.12. The number of amides is 2. The lowest BCUT2D eigenvalue weighted by atomic mass is 10.3. The molecule has 0 spiro atoms. The molecule has 1 aliphatic heterocycles. The molecule has 0 bridgehead atoms. The van der Waals surface area contributed by atoms with Crippen LogP contribution >= 0.6 is 0 Å². The van der Waals surface area contributed by atoms with Crippen molar-refractivity contribution in [2.75, 3.05) is 30.7 Å². The second kappa shape index (κ2) is 4.73. The fourth-order valence-corrected chi connectivity index (χ4v) is 1.56. The zero-order valence-corrected chi connectivity index (χ0v) is 9.18. The lowest BCUT2D eigenvalue weighted by molar-refractivity contribution is -0.116. The highest BCUT2D eigenvalue weighted by Gasteiger charge is 2.23.